The van der Waals surface area contributed by atoms with Crippen molar-refractivity contribution >= 4 is 10.1 Å². The van der Waals surface area contributed by atoms with Crippen molar-refractivity contribution in [2.24, 2.45) is 0 Å². The Bertz CT molecular complexity index is 563. The Morgan fingerprint density at radius 1 is 1.26 bits per heavy atom. The Labute approximate surface area is 137 Å². The molecule has 1 aromatic carbocycles. The molecule has 0 spiro atoms. The fourth-order valence-electron chi connectivity index (χ4n) is 2.20. The highest BCUT2D eigenvalue weighted by molar-refractivity contribution is 7.86. The van der Waals surface area contributed by atoms with Crippen LogP contribution in [0.15, 0.2) is 29.2 Å². The largest absolute Gasteiger partial charge is 0.353 e. The first kappa shape index (κ1) is 18.4. The molecule has 0 saturated carbocycles. The molecule has 0 N–H and O–H groups in total. The van der Waals surface area contributed by atoms with Crippen LogP contribution in [-0.4, -0.2) is 34.0 Å². The number of aryl methyl sites for hydroxylation is 1. The predicted molar refractivity (Wildman–Crippen MR) is 84.2 cm³/mol. The molecule has 1 heterocycles. The maximum Gasteiger partial charge on any atom is 0.323 e. The van der Waals surface area contributed by atoms with E-state index in [4.69, 9.17) is 14.4 Å². The predicted octanol–water partition coefficient (Wildman–Crippen LogP) is 2.95. The molecule has 1 aliphatic heterocycles. The third-order valence-corrected chi connectivity index (χ3v) is 4.76. The molecule has 7 heteroatoms. The Balaban J connectivity index is 1.80. The first-order valence-corrected chi connectivity index (χ1v) is 9.32. The molecule has 1 fully saturated rings. The topological polar surface area (TPSA) is 71.1 Å². The van der Waals surface area contributed by atoms with Crippen molar-refractivity contribution in [3.63, 3.8) is 0 Å². The fourth-order valence-corrected chi connectivity index (χ4v) is 2.93. The Kier molecular flexibility index (Phi) is 6.98. The smallest absolute Gasteiger partial charge is 0.323 e. The number of benzene rings is 1. The van der Waals surface area contributed by atoms with Crippen LogP contribution in [0.3, 0.4) is 0 Å². The van der Waals surface area contributed by atoms with E-state index in [1.807, 2.05) is 13.8 Å². The zero-order chi connectivity index (χ0) is 16.7. The lowest BCUT2D eigenvalue weighted by Gasteiger charge is -2.26. The summed E-state index contributed by atoms with van der Waals surface area (Å²) in [6.45, 7) is 4.54. The van der Waals surface area contributed by atoms with Gasteiger partial charge in [0.05, 0.1) is 11.0 Å². The number of hydrogen-bond donors (Lipinski definition) is 0. The van der Waals surface area contributed by atoms with Crippen LogP contribution in [0.25, 0.3) is 0 Å². The summed E-state index contributed by atoms with van der Waals surface area (Å²) in [6.07, 6.45) is 3.12. The van der Waals surface area contributed by atoms with E-state index in [9.17, 15) is 8.42 Å². The molecule has 0 aliphatic carbocycles. The molecule has 2 atom stereocenters. The minimum Gasteiger partial charge on any atom is -0.353 e. The molecule has 130 valence electrons. The van der Waals surface area contributed by atoms with E-state index in [1.54, 1.807) is 12.1 Å². The molecule has 1 unspecified atom stereocenters. The van der Waals surface area contributed by atoms with Crippen LogP contribution in [0.4, 0.5) is 0 Å². The second kappa shape index (κ2) is 8.75. The first-order valence-electron chi connectivity index (χ1n) is 7.91. The van der Waals surface area contributed by atoms with Crippen molar-refractivity contribution in [2.45, 2.75) is 56.8 Å². The fraction of sp³-hybridized carbons (Fsp3) is 0.625. The number of hydrogen-bond acceptors (Lipinski definition) is 6. The molecule has 23 heavy (non-hydrogen) atoms. The molecule has 2 rings (SSSR count). The molecule has 1 aliphatic rings. The number of ether oxygens (including phenoxy) is 2. The monoisotopic (exact) mass is 344 g/mol. The van der Waals surface area contributed by atoms with Gasteiger partial charge in [-0.2, -0.15) is 8.42 Å². The highest BCUT2D eigenvalue weighted by atomic mass is 32.2. The minimum absolute atomic E-state index is 0.0292. The summed E-state index contributed by atoms with van der Waals surface area (Å²) >= 11 is 0. The maximum absolute atomic E-state index is 12.0. The van der Waals surface area contributed by atoms with Gasteiger partial charge >= 0.3 is 10.1 Å². The van der Waals surface area contributed by atoms with Crippen LogP contribution in [0, 0.1) is 6.92 Å². The van der Waals surface area contributed by atoms with E-state index < -0.39 is 10.1 Å². The average Bonchev–Trinajstić information content (AvgIpc) is 2.55. The Morgan fingerprint density at radius 3 is 2.61 bits per heavy atom. The molecule has 6 nitrogen and oxygen atoms in total. The Hall–Kier alpha value is -0.990. The Morgan fingerprint density at radius 2 is 2.00 bits per heavy atom. The van der Waals surface area contributed by atoms with Gasteiger partial charge in [0.1, 0.15) is 6.61 Å². The molecule has 0 aromatic heterocycles. The van der Waals surface area contributed by atoms with E-state index >= 15 is 0 Å². The zero-order valence-electron chi connectivity index (χ0n) is 13.6. The van der Waals surface area contributed by atoms with Crippen molar-refractivity contribution in [2.75, 3.05) is 13.2 Å². The van der Waals surface area contributed by atoms with Gasteiger partial charge in [0, 0.05) is 6.61 Å². The molecule has 0 radical (unpaired) electrons. The van der Waals surface area contributed by atoms with E-state index in [0.29, 0.717) is 13.0 Å². The summed E-state index contributed by atoms with van der Waals surface area (Å²) in [5.41, 5.74) is 0.969. The van der Waals surface area contributed by atoms with Gasteiger partial charge in [-0.05, 0) is 44.7 Å². The second-order valence-corrected chi connectivity index (χ2v) is 7.10. The summed E-state index contributed by atoms with van der Waals surface area (Å²) in [5, 5.41) is 0. The third kappa shape index (κ3) is 5.86. The lowest BCUT2D eigenvalue weighted by molar-refractivity contribution is -0.253. The lowest BCUT2D eigenvalue weighted by atomic mass is 10.2. The SMILES string of the molecule is CC[C@@H](COOS(=O)(=O)c1ccc(C)cc1)OC1CCCCO1. The normalized spacial score (nSPS) is 20.3. The van der Waals surface area contributed by atoms with Gasteiger partial charge in [-0.3, -0.25) is 0 Å². The van der Waals surface area contributed by atoms with Gasteiger partial charge in [0.2, 0.25) is 0 Å². The second-order valence-electron chi connectivity index (χ2n) is 5.58. The summed E-state index contributed by atoms with van der Waals surface area (Å²) in [6, 6.07) is 6.37. The standard InChI is InChI=1S/C16H24O6S/c1-3-14(21-16-6-4-5-11-19-16)12-20-22-23(17,18)15-9-7-13(2)8-10-15/h7-10,14,16H,3-6,11-12H2,1-2H3/t14-,16?/m0/s1. The third-order valence-electron chi connectivity index (χ3n) is 3.64. The van der Waals surface area contributed by atoms with Crippen molar-refractivity contribution in [1.82, 2.24) is 0 Å². The van der Waals surface area contributed by atoms with Crippen molar-refractivity contribution in [1.29, 1.82) is 0 Å². The van der Waals surface area contributed by atoms with Crippen LogP contribution in [0.1, 0.15) is 38.2 Å². The van der Waals surface area contributed by atoms with E-state index in [0.717, 1.165) is 24.8 Å². The molecule has 1 saturated heterocycles. The summed E-state index contributed by atoms with van der Waals surface area (Å²) in [7, 11) is -3.92. The quantitative estimate of drug-likeness (QED) is 0.533. The van der Waals surface area contributed by atoms with Crippen molar-refractivity contribution < 1.29 is 27.1 Å². The number of rotatable bonds is 8. The lowest BCUT2D eigenvalue weighted by Crippen LogP contribution is -2.30. The zero-order valence-corrected chi connectivity index (χ0v) is 14.4. The van der Waals surface area contributed by atoms with Crippen LogP contribution in [-0.2, 0) is 28.8 Å². The van der Waals surface area contributed by atoms with Crippen LogP contribution >= 0.6 is 0 Å². The molecular formula is C16H24O6S. The van der Waals surface area contributed by atoms with Gasteiger partial charge in [0.25, 0.3) is 0 Å². The van der Waals surface area contributed by atoms with E-state index in [1.165, 1.54) is 12.1 Å². The molecule has 0 amide bonds. The maximum atomic E-state index is 12.0. The van der Waals surface area contributed by atoms with Gasteiger partial charge in [-0.25, -0.2) is 4.89 Å². The molecule has 0 bridgehead atoms. The van der Waals surface area contributed by atoms with Gasteiger partial charge in [0.15, 0.2) is 6.29 Å². The van der Waals surface area contributed by atoms with Gasteiger partial charge in [-0.15, -0.1) is 4.33 Å². The van der Waals surface area contributed by atoms with Crippen LogP contribution in [0.5, 0.6) is 0 Å². The van der Waals surface area contributed by atoms with Gasteiger partial charge in [-0.1, -0.05) is 24.6 Å². The summed E-state index contributed by atoms with van der Waals surface area (Å²) < 4.78 is 39.9. The minimum atomic E-state index is -3.92. The van der Waals surface area contributed by atoms with Crippen LogP contribution < -0.4 is 0 Å². The average molecular weight is 344 g/mol. The van der Waals surface area contributed by atoms with Crippen molar-refractivity contribution in [3.8, 4) is 0 Å². The summed E-state index contributed by atoms with van der Waals surface area (Å²) in [4.78, 5) is 4.97. The molecule has 1 aromatic rings. The van der Waals surface area contributed by atoms with E-state index in [-0.39, 0.29) is 23.9 Å². The first-order chi connectivity index (χ1) is 11.0. The summed E-state index contributed by atoms with van der Waals surface area (Å²) in [5.74, 6) is 0. The highest BCUT2D eigenvalue weighted by Crippen LogP contribution is 2.18. The highest BCUT2D eigenvalue weighted by Gasteiger charge is 2.21. The molecular weight excluding hydrogens is 320 g/mol. The van der Waals surface area contributed by atoms with Crippen LogP contribution in [0.2, 0.25) is 0 Å². The van der Waals surface area contributed by atoms with Gasteiger partial charge < -0.3 is 9.47 Å². The van der Waals surface area contributed by atoms with E-state index in [2.05, 4.69) is 4.33 Å². The van der Waals surface area contributed by atoms with Crippen molar-refractivity contribution in [3.05, 3.63) is 29.8 Å².